The number of sulfonamides is 1. The molecule has 0 saturated heterocycles. The van der Waals surface area contributed by atoms with E-state index in [-0.39, 0.29) is 16.4 Å². The monoisotopic (exact) mass is 424 g/mol. The van der Waals surface area contributed by atoms with Crippen LogP contribution in [0.25, 0.3) is 0 Å². The molecule has 156 valence electrons. The summed E-state index contributed by atoms with van der Waals surface area (Å²) in [6.07, 6.45) is 0. The van der Waals surface area contributed by atoms with Gasteiger partial charge in [-0.25, -0.2) is 8.42 Å². The van der Waals surface area contributed by atoms with Crippen molar-refractivity contribution in [1.82, 2.24) is 5.32 Å². The van der Waals surface area contributed by atoms with Gasteiger partial charge < -0.3 is 10.1 Å². The highest BCUT2D eigenvalue weighted by molar-refractivity contribution is 7.92. The standard InChI is InChI=1S/C23H24N2O4S/c1-16-8-11-18(12-9-16)15-24-23(26)19-13-10-17(2)22(14-19)30(27,28)25-20-6-4-5-7-21(20)29-3/h4-14,25H,15H2,1-3H3,(H,24,26). The highest BCUT2D eigenvalue weighted by Crippen LogP contribution is 2.27. The minimum Gasteiger partial charge on any atom is -0.495 e. The predicted molar refractivity (Wildman–Crippen MR) is 117 cm³/mol. The number of carbonyl (C=O) groups is 1. The molecule has 0 aliphatic rings. The van der Waals surface area contributed by atoms with Crippen LogP contribution in [-0.4, -0.2) is 21.4 Å². The first kappa shape index (κ1) is 21.4. The Labute approximate surface area is 177 Å². The first-order valence-corrected chi connectivity index (χ1v) is 10.9. The summed E-state index contributed by atoms with van der Waals surface area (Å²) < 4.78 is 33.7. The third kappa shape index (κ3) is 4.99. The number of rotatable bonds is 7. The summed E-state index contributed by atoms with van der Waals surface area (Å²) in [4.78, 5) is 12.6. The maximum absolute atomic E-state index is 13.0. The van der Waals surface area contributed by atoms with E-state index >= 15 is 0 Å². The van der Waals surface area contributed by atoms with Crippen molar-refractivity contribution in [2.45, 2.75) is 25.3 Å². The van der Waals surface area contributed by atoms with Crippen LogP contribution in [0.2, 0.25) is 0 Å². The van der Waals surface area contributed by atoms with Crippen molar-refractivity contribution in [3.63, 3.8) is 0 Å². The van der Waals surface area contributed by atoms with Crippen LogP contribution in [0.3, 0.4) is 0 Å². The molecule has 0 fully saturated rings. The Hall–Kier alpha value is -3.32. The normalized spacial score (nSPS) is 11.0. The fraction of sp³-hybridized carbons (Fsp3) is 0.174. The van der Waals surface area contributed by atoms with Crippen molar-refractivity contribution in [1.29, 1.82) is 0 Å². The molecule has 0 bridgehead atoms. The quantitative estimate of drug-likeness (QED) is 0.599. The number of hydrogen-bond donors (Lipinski definition) is 2. The van der Waals surface area contributed by atoms with E-state index in [0.29, 0.717) is 23.5 Å². The Bertz CT molecular complexity index is 1160. The largest absolute Gasteiger partial charge is 0.495 e. The minimum atomic E-state index is -3.91. The number of methoxy groups -OCH3 is 1. The number of hydrogen-bond acceptors (Lipinski definition) is 4. The summed E-state index contributed by atoms with van der Waals surface area (Å²) in [5.41, 5.74) is 3.24. The van der Waals surface area contributed by atoms with E-state index in [1.165, 1.54) is 13.2 Å². The summed E-state index contributed by atoms with van der Waals surface area (Å²) in [6.45, 7) is 4.04. The maximum atomic E-state index is 13.0. The van der Waals surface area contributed by atoms with Crippen LogP contribution < -0.4 is 14.8 Å². The molecule has 0 aromatic heterocycles. The molecule has 3 aromatic rings. The second-order valence-corrected chi connectivity index (χ2v) is 8.61. The molecule has 3 aromatic carbocycles. The lowest BCUT2D eigenvalue weighted by atomic mass is 10.1. The molecule has 0 spiro atoms. The topological polar surface area (TPSA) is 84.5 Å². The lowest BCUT2D eigenvalue weighted by Crippen LogP contribution is -2.23. The molecule has 0 unspecified atom stereocenters. The summed E-state index contributed by atoms with van der Waals surface area (Å²) in [6, 6.07) is 19.2. The third-order valence-corrected chi connectivity index (χ3v) is 6.17. The zero-order valence-corrected chi connectivity index (χ0v) is 17.9. The van der Waals surface area contributed by atoms with Gasteiger partial charge in [0.15, 0.2) is 0 Å². The smallest absolute Gasteiger partial charge is 0.262 e. The van der Waals surface area contributed by atoms with Crippen LogP contribution in [-0.2, 0) is 16.6 Å². The van der Waals surface area contributed by atoms with Crippen molar-refractivity contribution in [3.05, 3.63) is 89.0 Å². The number of carbonyl (C=O) groups excluding carboxylic acids is 1. The van der Waals surface area contributed by atoms with Crippen molar-refractivity contribution >= 4 is 21.6 Å². The number of nitrogens with one attached hydrogen (secondary N) is 2. The van der Waals surface area contributed by atoms with Crippen LogP contribution in [0.4, 0.5) is 5.69 Å². The first-order valence-electron chi connectivity index (χ1n) is 9.40. The molecule has 3 rings (SSSR count). The van der Waals surface area contributed by atoms with E-state index in [1.54, 1.807) is 43.3 Å². The van der Waals surface area contributed by atoms with Gasteiger partial charge in [-0.15, -0.1) is 0 Å². The van der Waals surface area contributed by atoms with Crippen LogP contribution >= 0.6 is 0 Å². The van der Waals surface area contributed by atoms with Gasteiger partial charge in [-0.05, 0) is 49.2 Å². The van der Waals surface area contributed by atoms with Crippen LogP contribution in [0, 0.1) is 13.8 Å². The summed E-state index contributed by atoms with van der Waals surface area (Å²) in [5, 5.41) is 2.83. The van der Waals surface area contributed by atoms with E-state index in [4.69, 9.17) is 4.74 Å². The van der Waals surface area contributed by atoms with Crippen molar-refractivity contribution in [3.8, 4) is 5.75 Å². The molecule has 0 aliphatic carbocycles. The number of amides is 1. The predicted octanol–water partition coefficient (Wildman–Crippen LogP) is 4.04. The highest BCUT2D eigenvalue weighted by Gasteiger charge is 2.20. The lowest BCUT2D eigenvalue weighted by Gasteiger charge is -2.14. The summed E-state index contributed by atoms with van der Waals surface area (Å²) >= 11 is 0. The first-order chi connectivity index (χ1) is 14.3. The van der Waals surface area contributed by atoms with Gasteiger partial charge in [0.05, 0.1) is 17.7 Å². The molecule has 1 amide bonds. The van der Waals surface area contributed by atoms with Gasteiger partial charge in [-0.3, -0.25) is 9.52 Å². The van der Waals surface area contributed by atoms with Gasteiger partial charge in [0.2, 0.25) is 0 Å². The number of ether oxygens (including phenoxy) is 1. The number of para-hydroxylation sites is 2. The Morgan fingerprint density at radius 1 is 0.967 bits per heavy atom. The summed E-state index contributed by atoms with van der Waals surface area (Å²) in [7, 11) is -2.44. The van der Waals surface area contributed by atoms with Gasteiger partial charge in [-0.1, -0.05) is 48.0 Å². The van der Waals surface area contributed by atoms with Gasteiger partial charge in [0.1, 0.15) is 5.75 Å². The Balaban J connectivity index is 1.81. The second kappa shape index (κ2) is 9.00. The average Bonchev–Trinajstić information content (AvgIpc) is 2.73. The van der Waals surface area contributed by atoms with E-state index in [9.17, 15) is 13.2 Å². The van der Waals surface area contributed by atoms with E-state index in [1.807, 2.05) is 31.2 Å². The zero-order valence-electron chi connectivity index (χ0n) is 17.1. The molecule has 0 aliphatic heterocycles. The van der Waals surface area contributed by atoms with Gasteiger partial charge in [0.25, 0.3) is 15.9 Å². The van der Waals surface area contributed by atoms with Gasteiger partial charge >= 0.3 is 0 Å². The lowest BCUT2D eigenvalue weighted by molar-refractivity contribution is 0.0950. The zero-order chi connectivity index (χ0) is 21.7. The molecule has 0 radical (unpaired) electrons. The number of aryl methyl sites for hydroxylation is 2. The summed E-state index contributed by atoms with van der Waals surface area (Å²) in [5.74, 6) is 0.0649. The van der Waals surface area contributed by atoms with Gasteiger partial charge in [0, 0.05) is 12.1 Å². The highest BCUT2D eigenvalue weighted by atomic mass is 32.2. The van der Waals surface area contributed by atoms with Crippen molar-refractivity contribution in [2.24, 2.45) is 0 Å². The van der Waals surface area contributed by atoms with Crippen LogP contribution in [0.1, 0.15) is 27.0 Å². The van der Waals surface area contributed by atoms with Crippen molar-refractivity contribution in [2.75, 3.05) is 11.8 Å². The van der Waals surface area contributed by atoms with Gasteiger partial charge in [-0.2, -0.15) is 0 Å². The Kier molecular flexibility index (Phi) is 6.42. The Morgan fingerprint density at radius 2 is 1.67 bits per heavy atom. The fourth-order valence-corrected chi connectivity index (χ4v) is 4.29. The molecule has 6 nitrogen and oxygen atoms in total. The third-order valence-electron chi connectivity index (χ3n) is 4.66. The Morgan fingerprint density at radius 3 is 2.37 bits per heavy atom. The van der Waals surface area contributed by atoms with E-state index < -0.39 is 10.0 Å². The van der Waals surface area contributed by atoms with E-state index in [2.05, 4.69) is 10.0 Å². The van der Waals surface area contributed by atoms with E-state index in [0.717, 1.165) is 11.1 Å². The molecule has 0 atom stereocenters. The molecular formula is C23H24N2O4S. The molecule has 0 heterocycles. The van der Waals surface area contributed by atoms with Crippen molar-refractivity contribution < 1.29 is 17.9 Å². The second-order valence-electron chi connectivity index (χ2n) is 6.95. The molecule has 0 saturated carbocycles. The van der Waals surface area contributed by atoms with Crippen LogP contribution in [0.15, 0.2) is 71.6 Å². The molecule has 2 N–H and O–H groups in total. The number of anilines is 1. The minimum absolute atomic E-state index is 0.0383. The molecular weight excluding hydrogens is 400 g/mol. The number of benzene rings is 3. The molecule has 7 heteroatoms. The SMILES string of the molecule is COc1ccccc1NS(=O)(=O)c1cc(C(=O)NCc2ccc(C)cc2)ccc1C. The molecule has 30 heavy (non-hydrogen) atoms. The maximum Gasteiger partial charge on any atom is 0.262 e. The fourth-order valence-electron chi connectivity index (χ4n) is 2.95. The average molecular weight is 425 g/mol. The van der Waals surface area contributed by atoms with Crippen LogP contribution in [0.5, 0.6) is 5.75 Å².